The summed E-state index contributed by atoms with van der Waals surface area (Å²) in [4.78, 5) is 0. The molecule has 0 bridgehead atoms. The Morgan fingerprint density at radius 3 is 2.34 bits per heavy atom. The van der Waals surface area contributed by atoms with E-state index in [1.54, 1.807) is 41.1 Å². The van der Waals surface area contributed by atoms with E-state index in [0.717, 1.165) is 11.3 Å². The second-order valence-corrected chi connectivity index (χ2v) is 7.90. The molecule has 0 aliphatic rings. The highest BCUT2D eigenvalue weighted by Crippen LogP contribution is 2.47. The van der Waals surface area contributed by atoms with Gasteiger partial charge in [-0.15, -0.1) is 0 Å². The third-order valence-corrected chi connectivity index (χ3v) is 5.82. The van der Waals surface area contributed by atoms with E-state index in [4.69, 9.17) is 0 Å². The Morgan fingerprint density at radius 2 is 1.56 bits per heavy atom. The average molecular weight is 432 g/mol. The van der Waals surface area contributed by atoms with Gasteiger partial charge in [-0.05, 0) is 53.1 Å². The highest BCUT2D eigenvalue weighted by atomic mass is 19.4. The molecule has 0 spiro atoms. The number of hydrogen-bond donors (Lipinski definition) is 1. The van der Waals surface area contributed by atoms with Crippen molar-refractivity contribution in [2.24, 2.45) is 0 Å². The molecule has 0 saturated heterocycles. The Labute approximate surface area is 182 Å². The first-order valence-corrected chi connectivity index (χ1v) is 10.1. The molecular formula is C26H19F3N2O. The molecule has 0 saturated carbocycles. The van der Waals surface area contributed by atoms with Gasteiger partial charge in [0.25, 0.3) is 0 Å². The quantitative estimate of drug-likeness (QED) is 0.364. The normalized spacial score (nSPS) is 14.0. The van der Waals surface area contributed by atoms with Crippen LogP contribution < -0.4 is 0 Å². The van der Waals surface area contributed by atoms with Crippen molar-refractivity contribution in [1.29, 1.82) is 0 Å². The van der Waals surface area contributed by atoms with Gasteiger partial charge in [0.15, 0.2) is 0 Å². The Balaban J connectivity index is 1.72. The van der Waals surface area contributed by atoms with Crippen LogP contribution in [0.3, 0.4) is 0 Å². The van der Waals surface area contributed by atoms with E-state index in [-0.39, 0.29) is 11.1 Å². The summed E-state index contributed by atoms with van der Waals surface area (Å²) in [5.41, 5.74) is -1.11. The number of aryl methyl sites for hydroxylation is 1. The summed E-state index contributed by atoms with van der Waals surface area (Å²) in [7, 11) is 0. The second-order valence-electron chi connectivity index (χ2n) is 7.90. The largest absolute Gasteiger partial charge is 0.425 e. The van der Waals surface area contributed by atoms with Crippen molar-refractivity contribution in [2.75, 3.05) is 0 Å². The fourth-order valence-electron chi connectivity index (χ4n) is 4.24. The molecule has 1 atom stereocenters. The first kappa shape index (κ1) is 20.3. The zero-order chi connectivity index (χ0) is 22.5. The van der Waals surface area contributed by atoms with Gasteiger partial charge in [-0.25, -0.2) is 4.68 Å². The maximum absolute atomic E-state index is 14.4. The smallest absolute Gasteiger partial charge is 0.372 e. The van der Waals surface area contributed by atoms with Crippen LogP contribution in [-0.2, 0) is 5.60 Å². The van der Waals surface area contributed by atoms with E-state index >= 15 is 0 Å². The van der Waals surface area contributed by atoms with E-state index in [9.17, 15) is 18.3 Å². The topological polar surface area (TPSA) is 38.0 Å². The van der Waals surface area contributed by atoms with Crippen molar-refractivity contribution in [3.05, 3.63) is 108 Å². The molecule has 0 fully saturated rings. The van der Waals surface area contributed by atoms with Gasteiger partial charge < -0.3 is 5.11 Å². The summed E-state index contributed by atoms with van der Waals surface area (Å²) in [6.07, 6.45) is -3.42. The molecule has 0 radical (unpaired) electrons. The number of benzene rings is 4. The SMILES string of the molecule is Cc1cccc(-n2ncc3cc(C(O)(c4cccc5ccccc45)C(F)(F)F)ccc32)c1. The van der Waals surface area contributed by atoms with Gasteiger partial charge in [-0.2, -0.15) is 18.3 Å². The van der Waals surface area contributed by atoms with Crippen LogP contribution in [0, 0.1) is 6.92 Å². The molecule has 1 N–H and O–H groups in total. The molecule has 1 unspecified atom stereocenters. The van der Waals surface area contributed by atoms with E-state index in [1.165, 1.54) is 30.5 Å². The van der Waals surface area contributed by atoms with Crippen molar-refractivity contribution in [1.82, 2.24) is 9.78 Å². The van der Waals surface area contributed by atoms with Crippen LogP contribution in [-0.4, -0.2) is 21.1 Å². The Kier molecular flexibility index (Phi) is 4.57. The first-order valence-electron chi connectivity index (χ1n) is 10.1. The number of rotatable bonds is 3. The third kappa shape index (κ3) is 3.07. The number of aromatic nitrogens is 2. The highest BCUT2D eigenvalue weighted by molar-refractivity contribution is 5.88. The Hall–Kier alpha value is -3.64. The lowest BCUT2D eigenvalue weighted by atomic mass is 9.82. The van der Waals surface area contributed by atoms with Gasteiger partial charge >= 0.3 is 6.18 Å². The molecule has 6 heteroatoms. The van der Waals surface area contributed by atoms with Crippen LogP contribution in [0.25, 0.3) is 27.4 Å². The lowest BCUT2D eigenvalue weighted by Crippen LogP contribution is -2.43. The molecule has 160 valence electrons. The van der Waals surface area contributed by atoms with Crippen molar-refractivity contribution < 1.29 is 18.3 Å². The van der Waals surface area contributed by atoms with Crippen LogP contribution in [0.4, 0.5) is 13.2 Å². The number of aliphatic hydroxyl groups is 1. The van der Waals surface area contributed by atoms with Crippen LogP contribution in [0.15, 0.2) is 91.1 Å². The molecule has 32 heavy (non-hydrogen) atoms. The average Bonchev–Trinajstić information content (AvgIpc) is 3.21. The standard InChI is InChI=1S/C26H19F3N2O/c1-17-6-4-9-21(14-17)31-24-13-12-20(15-19(24)16-30-31)25(32,26(27,28)29)23-11-5-8-18-7-2-3-10-22(18)23/h2-16,32H,1H3. The fraction of sp³-hybridized carbons (Fsp3) is 0.115. The summed E-state index contributed by atoms with van der Waals surface area (Å²) < 4.78 is 45.0. The van der Waals surface area contributed by atoms with Gasteiger partial charge in [-0.3, -0.25) is 0 Å². The zero-order valence-corrected chi connectivity index (χ0v) is 17.1. The second kappa shape index (κ2) is 7.21. The van der Waals surface area contributed by atoms with Gasteiger partial charge in [0.05, 0.1) is 17.4 Å². The Bertz CT molecular complexity index is 1450. The molecule has 4 aromatic carbocycles. The minimum Gasteiger partial charge on any atom is -0.372 e. The molecule has 0 amide bonds. The van der Waals surface area contributed by atoms with Gasteiger partial charge in [0.2, 0.25) is 5.60 Å². The number of hydrogen-bond acceptors (Lipinski definition) is 2. The van der Waals surface area contributed by atoms with E-state index in [0.29, 0.717) is 21.7 Å². The fourth-order valence-corrected chi connectivity index (χ4v) is 4.24. The van der Waals surface area contributed by atoms with Crippen molar-refractivity contribution >= 4 is 21.7 Å². The minimum atomic E-state index is -4.93. The number of halogens is 3. The summed E-state index contributed by atoms with van der Waals surface area (Å²) in [5.74, 6) is 0. The molecular weight excluding hydrogens is 413 g/mol. The summed E-state index contributed by atoms with van der Waals surface area (Å²) >= 11 is 0. The number of alkyl halides is 3. The van der Waals surface area contributed by atoms with Gasteiger partial charge in [-0.1, -0.05) is 60.7 Å². The maximum atomic E-state index is 14.4. The van der Waals surface area contributed by atoms with Gasteiger partial charge in [0.1, 0.15) is 0 Å². The van der Waals surface area contributed by atoms with Crippen molar-refractivity contribution in [3.8, 4) is 5.69 Å². The lowest BCUT2D eigenvalue weighted by molar-refractivity contribution is -0.247. The predicted molar refractivity (Wildman–Crippen MR) is 119 cm³/mol. The van der Waals surface area contributed by atoms with E-state index < -0.39 is 11.8 Å². The monoisotopic (exact) mass is 432 g/mol. The summed E-state index contributed by atoms with van der Waals surface area (Å²) in [6, 6.07) is 23.3. The lowest BCUT2D eigenvalue weighted by Gasteiger charge is -2.32. The molecule has 0 aliphatic carbocycles. The van der Waals surface area contributed by atoms with Crippen LogP contribution in [0.1, 0.15) is 16.7 Å². The molecule has 5 aromatic rings. The maximum Gasteiger partial charge on any atom is 0.425 e. The summed E-state index contributed by atoms with van der Waals surface area (Å²) in [5, 5.41) is 17.1. The van der Waals surface area contributed by atoms with E-state index in [2.05, 4.69) is 5.10 Å². The van der Waals surface area contributed by atoms with Crippen LogP contribution in [0.5, 0.6) is 0 Å². The number of fused-ring (bicyclic) bond motifs is 2. The van der Waals surface area contributed by atoms with Crippen molar-refractivity contribution in [2.45, 2.75) is 18.7 Å². The summed E-state index contributed by atoms with van der Waals surface area (Å²) in [6.45, 7) is 1.96. The van der Waals surface area contributed by atoms with Crippen molar-refractivity contribution in [3.63, 3.8) is 0 Å². The van der Waals surface area contributed by atoms with Crippen LogP contribution in [0.2, 0.25) is 0 Å². The third-order valence-electron chi connectivity index (χ3n) is 5.82. The first-order chi connectivity index (χ1) is 15.3. The molecule has 1 aromatic heterocycles. The minimum absolute atomic E-state index is 0.200. The molecule has 1 heterocycles. The Morgan fingerprint density at radius 1 is 0.812 bits per heavy atom. The predicted octanol–water partition coefficient (Wildman–Crippen LogP) is 6.29. The van der Waals surface area contributed by atoms with Crippen LogP contribution >= 0.6 is 0 Å². The highest BCUT2D eigenvalue weighted by Gasteiger charge is 2.57. The van der Waals surface area contributed by atoms with E-state index in [1.807, 2.05) is 31.2 Å². The number of nitrogens with zero attached hydrogens (tertiary/aromatic N) is 2. The molecule has 5 rings (SSSR count). The van der Waals surface area contributed by atoms with Gasteiger partial charge in [0, 0.05) is 10.9 Å². The zero-order valence-electron chi connectivity index (χ0n) is 17.1. The molecule has 0 aliphatic heterocycles. The molecule has 3 nitrogen and oxygen atoms in total.